The maximum atomic E-state index is 12.2. The molecule has 0 fully saturated rings. The topological polar surface area (TPSA) is 69.7 Å². The molecule has 0 radical (unpaired) electrons. The summed E-state index contributed by atoms with van der Waals surface area (Å²) in [5, 5.41) is 3.89. The predicted molar refractivity (Wildman–Crippen MR) is 108 cm³/mol. The van der Waals surface area contributed by atoms with Crippen molar-refractivity contribution >= 4 is 50.3 Å². The second-order valence-corrected chi connectivity index (χ2v) is 6.88. The number of fused-ring (bicyclic) bond motifs is 1. The van der Waals surface area contributed by atoms with Gasteiger partial charge in [-0.3, -0.25) is 10.1 Å². The number of carbonyl (C=O) groups excluding carboxylic acids is 1. The number of nitrogens with one attached hydrogen (secondary N) is 1. The van der Waals surface area contributed by atoms with Gasteiger partial charge in [-0.15, -0.1) is 0 Å². The maximum absolute atomic E-state index is 12.2. The smallest absolute Gasteiger partial charge is 0.250 e. The highest BCUT2D eigenvalue weighted by molar-refractivity contribution is 7.22. The van der Waals surface area contributed by atoms with E-state index in [-0.39, 0.29) is 5.91 Å². The number of methoxy groups -OCH3 is 3. The van der Waals surface area contributed by atoms with E-state index in [0.717, 1.165) is 15.8 Å². The number of nitrogens with zero attached hydrogens (tertiary/aromatic N) is 1. The molecule has 1 heterocycles. The van der Waals surface area contributed by atoms with Gasteiger partial charge in [0.05, 0.1) is 31.5 Å². The van der Waals surface area contributed by atoms with E-state index < -0.39 is 0 Å². The Hall–Kier alpha value is -2.77. The average molecular weight is 405 g/mol. The van der Waals surface area contributed by atoms with E-state index in [9.17, 15) is 4.79 Å². The zero-order valence-electron chi connectivity index (χ0n) is 14.9. The average Bonchev–Trinajstić information content (AvgIpc) is 3.06. The molecule has 140 valence electrons. The van der Waals surface area contributed by atoms with Gasteiger partial charge in [-0.05, 0) is 42.0 Å². The van der Waals surface area contributed by atoms with Gasteiger partial charge >= 0.3 is 0 Å². The third kappa shape index (κ3) is 4.32. The number of halogens is 1. The van der Waals surface area contributed by atoms with Crippen molar-refractivity contribution in [2.45, 2.75) is 0 Å². The molecule has 0 aliphatic carbocycles. The van der Waals surface area contributed by atoms with Crippen LogP contribution in [0.25, 0.3) is 16.3 Å². The van der Waals surface area contributed by atoms with Crippen LogP contribution in [0.3, 0.4) is 0 Å². The summed E-state index contributed by atoms with van der Waals surface area (Å²) in [5.74, 6) is 1.23. The van der Waals surface area contributed by atoms with Gasteiger partial charge in [-0.1, -0.05) is 22.9 Å². The molecule has 0 spiro atoms. The lowest BCUT2D eigenvalue weighted by Gasteiger charge is -2.12. The zero-order valence-corrected chi connectivity index (χ0v) is 16.5. The summed E-state index contributed by atoms with van der Waals surface area (Å²) in [7, 11) is 4.61. The normalized spacial score (nSPS) is 11.0. The molecule has 1 N–H and O–H groups in total. The van der Waals surface area contributed by atoms with Gasteiger partial charge in [0, 0.05) is 11.1 Å². The second kappa shape index (κ2) is 8.28. The Morgan fingerprint density at radius 2 is 1.81 bits per heavy atom. The zero-order chi connectivity index (χ0) is 19.4. The van der Waals surface area contributed by atoms with Crippen LogP contribution in [0, 0.1) is 0 Å². The van der Waals surface area contributed by atoms with E-state index in [4.69, 9.17) is 25.8 Å². The van der Waals surface area contributed by atoms with Crippen molar-refractivity contribution in [2.24, 2.45) is 0 Å². The lowest BCUT2D eigenvalue weighted by atomic mass is 10.1. The fraction of sp³-hybridized carbons (Fsp3) is 0.158. The summed E-state index contributed by atoms with van der Waals surface area (Å²) < 4.78 is 16.8. The Bertz CT molecular complexity index is 991. The number of ether oxygens (including phenoxy) is 3. The van der Waals surface area contributed by atoms with Crippen LogP contribution in [0.15, 0.2) is 36.4 Å². The van der Waals surface area contributed by atoms with Gasteiger partial charge < -0.3 is 14.2 Å². The fourth-order valence-corrected chi connectivity index (χ4v) is 3.61. The highest BCUT2D eigenvalue weighted by atomic mass is 35.5. The van der Waals surface area contributed by atoms with Gasteiger partial charge in [-0.2, -0.15) is 0 Å². The van der Waals surface area contributed by atoms with Gasteiger partial charge in [-0.25, -0.2) is 4.98 Å². The minimum atomic E-state index is -0.297. The molecule has 3 aromatic rings. The first-order valence-corrected chi connectivity index (χ1v) is 9.08. The fourth-order valence-electron chi connectivity index (χ4n) is 2.47. The largest absolute Gasteiger partial charge is 0.493 e. The number of carbonyl (C=O) groups is 1. The number of amides is 1. The van der Waals surface area contributed by atoms with Crippen molar-refractivity contribution in [3.63, 3.8) is 0 Å². The Morgan fingerprint density at radius 3 is 2.44 bits per heavy atom. The molecule has 6 nitrogen and oxygen atoms in total. The molecule has 2 aromatic carbocycles. The number of benzene rings is 2. The summed E-state index contributed by atoms with van der Waals surface area (Å²) >= 11 is 7.33. The first-order chi connectivity index (χ1) is 13.0. The molecule has 0 aliphatic heterocycles. The molecule has 1 amide bonds. The Kier molecular flexibility index (Phi) is 5.83. The van der Waals surface area contributed by atoms with Crippen LogP contribution in [0.2, 0.25) is 5.02 Å². The van der Waals surface area contributed by atoms with Crippen molar-refractivity contribution in [1.29, 1.82) is 0 Å². The van der Waals surface area contributed by atoms with Crippen molar-refractivity contribution in [2.75, 3.05) is 26.6 Å². The Morgan fingerprint density at radius 1 is 1.11 bits per heavy atom. The molecule has 0 unspecified atom stereocenters. The van der Waals surface area contributed by atoms with Crippen molar-refractivity contribution in [3.05, 3.63) is 47.0 Å². The minimum absolute atomic E-state index is 0.297. The number of rotatable bonds is 6. The molecule has 8 heteroatoms. The third-order valence-electron chi connectivity index (χ3n) is 3.69. The summed E-state index contributed by atoms with van der Waals surface area (Å²) in [6, 6.07) is 8.90. The number of anilines is 1. The first kappa shape index (κ1) is 19.0. The summed E-state index contributed by atoms with van der Waals surface area (Å²) in [4.78, 5) is 16.6. The molecule has 1 aromatic heterocycles. The molecule has 0 bridgehead atoms. The van der Waals surface area contributed by atoms with E-state index in [2.05, 4.69) is 10.3 Å². The van der Waals surface area contributed by atoms with Gasteiger partial charge in [0.25, 0.3) is 0 Å². The van der Waals surface area contributed by atoms with Crippen LogP contribution >= 0.6 is 22.9 Å². The molecule has 0 saturated heterocycles. The lowest BCUT2D eigenvalue weighted by Crippen LogP contribution is -2.07. The third-order valence-corrected chi connectivity index (χ3v) is 4.86. The highest BCUT2D eigenvalue weighted by Crippen LogP contribution is 2.38. The van der Waals surface area contributed by atoms with Crippen molar-refractivity contribution in [3.8, 4) is 17.2 Å². The van der Waals surface area contributed by atoms with Crippen LogP contribution in [-0.2, 0) is 4.79 Å². The summed E-state index contributed by atoms with van der Waals surface area (Å²) in [5.41, 5.74) is 1.52. The molecule has 0 atom stereocenters. The van der Waals surface area contributed by atoms with Crippen molar-refractivity contribution < 1.29 is 19.0 Å². The molecule has 3 rings (SSSR count). The van der Waals surface area contributed by atoms with Crippen LogP contribution in [0.5, 0.6) is 17.2 Å². The second-order valence-electron chi connectivity index (χ2n) is 5.41. The lowest BCUT2D eigenvalue weighted by molar-refractivity contribution is -0.111. The van der Waals surface area contributed by atoms with Gasteiger partial charge in [0.1, 0.15) is 0 Å². The first-order valence-electron chi connectivity index (χ1n) is 7.89. The minimum Gasteiger partial charge on any atom is -0.493 e. The monoisotopic (exact) mass is 404 g/mol. The van der Waals surface area contributed by atoms with Crippen LogP contribution in [0.1, 0.15) is 5.56 Å². The van der Waals surface area contributed by atoms with Gasteiger partial charge in [0.2, 0.25) is 11.7 Å². The molecule has 0 saturated carbocycles. The molecule has 27 heavy (non-hydrogen) atoms. The van der Waals surface area contributed by atoms with Crippen molar-refractivity contribution in [1.82, 2.24) is 4.98 Å². The van der Waals surface area contributed by atoms with Crippen LogP contribution < -0.4 is 19.5 Å². The Balaban J connectivity index is 1.77. The van der Waals surface area contributed by atoms with E-state index in [0.29, 0.717) is 27.4 Å². The molecule has 0 aliphatic rings. The highest BCUT2D eigenvalue weighted by Gasteiger charge is 2.12. The van der Waals surface area contributed by atoms with Crippen LogP contribution in [-0.4, -0.2) is 32.2 Å². The Labute approximate surface area is 165 Å². The SMILES string of the molecule is COc1cc(C=CC(=O)Nc2nc3ccc(Cl)cc3s2)cc(OC)c1OC. The van der Waals surface area contributed by atoms with E-state index in [1.54, 1.807) is 24.3 Å². The number of hydrogen-bond acceptors (Lipinski definition) is 6. The number of hydrogen-bond donors (Lipinski definition) is 1. The quantitative estimate of drug-likeness (QED) is 0.606. The standard InChI is InChI=1S/C19H17ClN2O4S/c1-24-14-8-11(9-15(25-2)18(14)26-3)4-7-17(23)22-19-21-13-6-5-12(20)10-16(13)27-19/h4-10H,1-3H3,(H,21,22,23). The number of thiazole rings is 1. The van der Waals surface area contributed by atoms with E-state index in [1.165, 1.54) is 38.7 Å². The molecular weight excluding hydrogens is 388 g/mol. The van der Waals surface area contributed by atoms with E-state index in [1.807, 2.05) is 12.1 Å². The summed E-state index contributed by atoms with van der Waals surface area (Å²) in [6.07, 6.45) is 3.07. The van der Waals surface area contributed by atoms with Gasteiger partial charge in [0.15, 0.2) is 16.6 Å². The number of aromatic nitrogens is 1. The predicted octanol–water partition coefficient (Wildman–Crippen LogP) is 4.63. The summed E-state index contributed by atoms with van der Waals surface area (Å²) in [6.45, 7) is 0. The van der Waals surface area contributed by atoms with Crippen LogP contribution in [0.4, 0.5) is 5.13 Å². The molecular formula is C19H17ClN2O4S. The van der Waals surface area contributed by atoms with E-state index >= 15 is 0 Å². The maximum Gasteiger partial charge on any atom is 0.250 e.